The Morgan fingerprint density at radius 2 is 1.33 bits per heavy atom. The lowest BCUT2D eigenvalue weighted by atomic mass is 10.2. The highest BCUT2D eigenvalue weighted by Crippen LogP contribution is 2.19. The van der Waals surface area contributed by atoms with Gasteiger partial charge in [0.2, 0.25) is 16.0 Å². The highest BCUT2D eigenvalue weighted by atomic mass is 32.2. The highest BCUT2D eigenvalue weighted by molar-refractivity contribution is 7.92. The maximum absolute atomic E-state index is 12.6. The van der Waals surface area contributed by atoms with Gasteiger partial charge in [0.25, 0.3) is 10.0 Å². The van der Waals surface area contributed by atoms with Crippen LogP contribution in [0.5, 0.6) is 0 Å². The molecule has 2 N–H and O–H groups in total. The van der Waals surface area contributed by atoms with Crippen molar-refractivity contribution in [3.05, 3.63) is 77.1 Å². The third-order valence-corrected chi connectivity index (χ3v) is 6.73. The largest absolute Gasteiger partial charge is 0.283 e. The number of hydrogen-bond acceptors (Lipinski definition) is 6. The summed E-state index contributed by atoms with van der Waals surface area (Å²) in [7, 11) is -7.55. The zero-order valence-electron chi connectivity index (χ0n) is 16.7. The second-order valence-electron chi connectivity index (χ2n) is 6.95. The summed E-state index contributed by atoms with van der Waals surface area (Å²) in [6.07, 6.45) is 0. The molecule has 3 aromatic rings. The van der Waals surface area contributed by atoms with Crippen LogP contribution in [-0.4, -0.2) is 26.8 Å². The minimum Gasteiger partial charge on any atom is -0.283 e. The van der Waals surface area contributed by atoms with Gasteiger partial charge in [0.1, 0.15) is 0 Å². The van der Waals surface area contributed by atoms with Crippen molar-refractivity contribution in [2.75, 3.05) is 9.44 Å². The van der Waals surface area contributed by atoms with Crippen molar-refractivity contribution in [2.45, 2.75) is 31.4 Å². The average molecular weight is 447 g/mol. The molecule has 1 aromatic heterocycles. The molecule has 0 aliphatic heterocycles. The Morgan fingerprint density at radius 3 is 1.90 bits per heavy atom. The number of anilines is 2. The van der Waals surface area contributed by atoms with Crippen molar-refractivity contribution >= 4 is 31.7 Å². The van der Waals surface area contributed by atoms with Crippen LogP contribution < -0.4 is 9.44 Å². The van der Waals surface area contributed by atoms with Gasteiger partial charge in [-0.15, -0.1) is 0 Å². The summed E-state index contributed by atoms with van der Waals surface area (Å²) in [5.41, 5.74) is 3.24. The smallest absolute Gasteiger partial charge is 0.264 e. The molecular formula is C20H22N4O4S2. The molecule has 0 spiro atoms. The van der Waals surface area contributed by atoms with E-state index in [2.05, 4.69) is 19.4 Å². The fourth-order valence-electron chi connectivity index (χ4n) is 2.77. The van der Waals surface area contributed by atoms with E-state index in [1.807, 2.05) is 19.1 Å². The number of rotatable bonds is 7. The predicted molar refractivity (Wildman–Crippen MR) is 116 cm³/mol. The van der Waals surface area contributed by atoms with Crippen molar-refractivity contribution in [3.8, 4) is 0 Å². The number of nitrogens with one attached hydrogen (secondary N) is 2. The molecule has 8 nitrogen and oxygen atoms in total. The molecule has 158 valence electrons. The fourth-order valence-corrected chi connectivity index (χ4v) is 4.91. The highest BCUT2D eigenvalue weighted by Gasteiger charge is 2.17. The van der Waals surface area contributed by atoms with Gasteiger partial charge >= 0.3 is 0 Å². The van der Waals surface area contributed by atoms with Gasteiger partial charge in [-0.3, -0.25) is 4.72 Å². The van der Waals surface area contributed by atoms with Crippen LogP contribution in [0, 0.1) is 20.8 Å². The van der Waals surface area contributed by atoms with Gasteiger partial charge in [-0.2, -0.15) is 0 Å². The number of aryl methyl sites for hydroxylation is 3. The van der Waals surface area contributed by atoms with E-state index in [1.54, 1.807) is 32.0 Å². The van der Waals surface area contributed by atoms with E-state index in [0.29, 0.717) is 17.0 Å². The average Bonchev–Trinajstić information content (AvgIpc) is 2.62. The minimum absolute atomic E-state index is 0.0182. The van der Waals surface area contributed by atoms with Crippen LogP contribution in [0.15, 0.2) is 59.5 Å². The van der Waals surface area contributed by atoms with E-state index in [-0.39, 0.29) is 22.3 Å². The summed E-state index contributed by atoms with van der Waals surface area (Å²) >= 11 is 0. The van der Waals surface area contributed by atoms with Crippen molar-refractivity contribution in [2.24, 2.45) is 0 Å². The monoisotopic (exact) mass is 446 g/mol. The van der Waals surface area contributed by atoms with Gasteiger partial charge in [0.05, 0.1) is 10.6 Å². The van der Waals surface area contributed by atoms with E-state index in [0.717, 1.165) is 5.56 Å². The molecule has 3 rings (SSSR count). The van der Waals surface area contributed by atoms with Crippen molar-refractivity contribution in [3.63, 3.8) is 0 Å². The number of hydrogen-bond donors (Lipinski definition) is 2. The van der Waals surface area contributed by atoms with Gasteiger partial charge in [-0.05, 0) is 56.7 Å². The third-order valence-electron chi connectivity index (χ3n) is 4.12. The topological polar surface area (TPSA) is 118 Å². The van der Waals surface area contributed by atoms with E-state index in [1.165, 1.54) is 24.3 Å². The van der Waals surface area contributed by atoms with E-state index in [9.17, 15) is 16.8 Å². The summed E-state index contributed by atoms with van der Waals surface area (Å²) in [6.45, 7) is 5.40. The van der Waals surface area contributed by atoms with Crippen LogP contribution in [0.1, 0.15) is 22.5 Å². The van der Waals surface area contributed by atoms with Gasteiger partial charge in [0.15, 0.2) is 0 Å². The molecule has 0 saturated heterocycles. The number of benzene rings is 2. The Labute approximate surface area is 176 Å². The second-order valence-corrected chi connectivity index (χ2v) is 10.4. The lowest BCUT2D eigenvalue weighted by molar-refractivity contribution is 0.599. The molecule has 0 atom stereocenters. The first-order chi connectivity index (χ1) is 14.0. The molecule has 0 aliphatic rings. The molecule has 2 aromatic carbocycles. The van der Waals surface area contributed by atoms with Gasteiger partial charge in [0, 0.05) is 17.1 Å². The molecule has 0 radical (unpaired) electrons. The number of sulfonamides is 2. The van der Waals surface area contributed by atoms with Gasteiger partial charge in [-0.25, -0.2) is 31.5 Å². The molecule has 30 heavy (non-hydrogen) atoms. The summed E-state index contributed by atoms with van der Waals surface area (Å²) in [5.74, 6) is -0.200. The molecule has 0 unspecified atom stereocenters. The third kappa shape index (κ3) is 5.77. The summed E-state index contributed by atoms with van der Waals surface area (Å²) in [4.78, 5) is 8.09. The number of aromatic nitrogens is 2. The van der Waals surface area contributed by atoms with Crippen LogP contribution in [0.3, 0.4) is 0 Å². The minimum atomic E-state index is -3.91. The van der Waals surface area contributed by atoms with Crippen LogP contribution in [-0.2, 0) is 25.8 Å². The standard InChI is InChI=1S/C20H22N4O4S2/c1-14-4-6-17(7-5-14)13-29(25,26)23-18-8-10-19(11-9-18)30(27,28)24-20-21-15(2)12-16(3)22-20/h4-12,23H,13H2,1-3H3,(H,21,22,24). The van der Waals surface area contributed by atoms with Gasteiger partial charge in [-0.1, -0.05) is 29.8 Å². The molecule has 0 aliphatic carbocycles. The summed E-state index contributed by atoms with van der Waals surface area (Å²) < 4.78 is 54.7. The molecule has 0 fully saturated rings. The summed E-state index contributed by atoms with van der Waals surface area (Å²) in [5, 5.41) is 0. The van der Waals surface area contributed by atoms with Crippen LogP contribution in [0.25, 0.3) is 0 Å². The van der Waals surface area contributed by atoms with Crippen molar-refractivity contribution < 1.29 is 16.8 Å². The Morgan fingerprint density at radius 1 is 0.767 bits per heavy atom. The number of nitrogens with zero attached hydrogens (tertiary/aromatic N) is 2. The Kier molecular flexibility index (Phi) is 6.09. The second kappa shape index (κ2) is 8.41. The van der Waals surface area contributed by atoms with Crippen LogP contribution in [0.2, 0.25) is 0 Å². The normalized spacial score (nSPS) is 11.8. The SMILES string of the molecule is Cc1ccc(CS(=O)(=O)Nc2ccc(S(=O)(=O)Nc3nc(C)cc(C)n3)cc2)cc1. The maximum Gasteiger partial charge on any atom is 0.264 e. The van der Waals surface area contributed by atoms with Crippen molar-refractivity contribution in [1.29, 1.82) is 0 Å². The first kappa shape index (κ1) is 21.7. The van der Waals surface area contributed by atoms with Crippen LogP contribution >= 0.6 is 0 Å². The predicted octanol–water partition coefficient (Wildman–Crippen LogP) is 3.14. The lowest BCUT2D eigenvalue weighted by Crippen LogP contribution is -2.17. The zero-order chi connectivity index (χ0) is 21.9. The molecule has 0 bridgehead atoms. The molecular weight excluding hydrogens is 424 g/mol. The Balaban J connectivity index is 1.72. The maximum atomic E-state index is 12.6. The first-order valence-corrected chi connectivity index (χ1v) is 12.2. The molecule has 0 saturated carbocycles. The van der Waals surface area contributed by atoms with E-state index >= 15 is 0 Å². The fraction of sp³-hybridized carbons (Fsp3) is 0.200. The van der Waals surface area contributed by atoms with Crippen LogP contribution in [0.4, 0.5) is 11.6 Å². The molecule has 10 heteroatoms. The molecule has 0 amide bonds. The van der Waals surface area contributed by atoms with E-state index in [4.69, 9.17) is 0 Å². The van der Waals surface area contributed by atoms with Gasteiger partial charge < -0.3 is 0 Å². The zero-order valence-corrected chi connectivity index (χ0v) is 18.4. The quantitative estimate of drug-likeness (QED) is 0.576. The lowest BCUT2D eigenvalue weighted by Gasteiger charge is -2.10. The Bertz CT molecular complexity index is 1230. The Hall–Kier alpha value is -2.98. The van der Waals surface area contributed by atoms with Crippen molar-refractivity contribution in [1.82, 2.24) is 9.97 Å². The summed E-state index contributed by atoms with van der Waals surface area (Å²) in [6, 6.07) is 14.3. The van der Waals surface area contributed by atoms with E-state index < -0.39 is 20.0 Å². The molecule has 1 heterocycles. The first-order valence-electron chi connectivity index (χ1n) is 9.04.